The Morgan fingerprint density at radius 3 is 2.65 bits per heavy atom. The predicted molar refractivity (Wildman–Crippen MR) is 73.2 cm³/mol. The van der Waals surface area contributed by atoms with Crippen LogP contribution < -0.4 is 5.32 Å². The molecule has 1 atom stereocenters. The third-order valence-electron chi connectivity index (χ3n) is 2.25. The van der Waals surface area contributed by atoms with Gasteiger partial charge in [0.15, 0.2) is 0 Å². The van der Waals surface area contributed by atoms with E-state index in [-0.39, 0.29) is 11.5 Å². The molecule has 0 bridgehead atoms. The van der Waals surface area contributed by atoms with Crippen molar-refractivity contribution in [2.75, 3.05) is 24.9 Å². The minimum absolute atomic E-state index is 0.0142. The maximum absolute atomic E-state index is 5.75. The van der Waals surface area contributed by atoms with Crippen LogP contribution in [0.15, 0.2) is 0 Å². The molecule has 4 nitrogen and oxygen atoms in total. The molecule has 0 aliphatic rings. The monoisotopic (exact) mass is 277 g/mol. The topological polar surface area (TPSA) is 47.0 Å². The summed E-state index contributed by atoms with van der Waals surface area (Å²) in [6.07, 6.45) is 0.847. The second-order valence-corrected chi connectivity index (χ2v) is 6.08. The summed E-state index contributed by atoms with van der Waals surface area (Å²) in [5.41, 5.74) is -0.0142. The van der Waals surface area contributed by atoms with E-state index in [2.05, 4.69) is 35.4 Å². The van der Waals surface area contributed by atoms with Gasteiger partial charge in [-0.1, -0.05) is 20.8 Å². The molecule has 1 unspecified atom stereocenters. The molecule has 1 aromatic rings. The van der Waals surface area contributed by atoms with Gasteiger partial charge in [0.25, 0.3) is 0 Å². The Morgan fingerprint density at radius 1 is 1.47 bits per heavy atom. The van der Waals surface area contributed by atoms with Crippen molar-refractivity contribution < 1.29 is 4.74 Å². The van der Waals surface area contributed by atoms with Crippen LogP contribution in [-0.4, -0.2) is 35.0 Å². The molecule has 0 spiro atoms. The van der Waals surface area contributed by atoms with Crippen molar-refractivity contribution >= 4 is 28.3 Å². The Morgan fingerprint density at radius 2 is 2.18 bits per heavy atom. The first-order valence-corrected chi connectivity index (χ1v) is 6.93. The molecule has 1 aromatic heterocycles. The SMILES string of the molecule is COCC(CCCl)Nc1nc(C(C)(C)C)ns1. The summed E-state index contributed by atoms with van der Waals surface area (Å²) >= 11 is 7.13. The average Bonchev–Trinajstić information content (AvgIpc) is 2.66. The van der Waals surface area contributed by atoms with Gasteiger partial charge < -0.3 is 10.1 Å². The van der Waals surface area contributed by atoms with Crippen molar-refractivity contribution in [3.8, 4) is 0 Å². The zero-order chi connectivity index (χ0) is 12.9. The summed E-state index contributed by atoms with van der Waals surface area (Å²) in [4.78, 5) is 4.48. The summed E-state index contributed by atoms with van der Waals surface area (Å²) in [5, 5.41) is 4.14. The van der Waals surface area contributed by atoms with Crippen molar-refractivity contribution in [1.82, 2.24) is 9.36 Å². The van der Waals surface area contributed by atoms with Crippen LogP contribution in [0.2, 0.25) is 0 Å². The molecule has 0 radical (unpaired) electrons. The molecule has 1 heterocycles. The normalized spacial score (nSPS) is 13.7. The number of methoxy groups -OCH3 is 1. The second kappa shape index (κ2) is 6.52. The number of anilines is 1. The summed E-state index contributed by atoms with van der Waals surface area (Å²) < 4.78 is 9.49. The highest BCUT2D eigenvalue weighted by atomic mass is 35.5. The molecule has 0 fully saturated rings. The lowest BCUT2D eigenvalue weighted by molar-refractivity contribution is 0.184. The summed E-state index contributed by atoms with van der Waals surface area (Å²) in [6, 6.07) is 0.193. The van der Waals surface area contributed by atoms with E-state index < -0.39 is 0 Å². The first-order valence-electron chi connectivity index (χ1n) is 5.63. The van der Waals surface area contributed by atoms with E-state index in [1.807, 2.05) is 0 Å². The van der Waals surface area contributed by atoms with Gasteiger partial charge in [0.1, 0.15) is 5.82 Å². The van der Waals surface area contributed by atoms with Gasteiger partial charge in [0.05, 0.1) is 12.6 Å². The van der Waals surface area contributed by atoms with Gasteiger partial charge in [0.2, 0.25) is 5.13 Å². The zero-order valence-electron chi connectivity index (χ0n) is 10.8. The molecule has 0 amide bonds. The maximum atomic E-state index is 5.75. The maximum Gasteiger partial charge on any atom is 0.202 e. The molecular weight excluding hydrogens is 258 g/mol. The van der Waals surface area contributed by atoms with Gasteiger partial charge in [-0.05, 0) is 6.42 Å². The van der Waals surface area contributed by atoms with Crippen molar-refractivity contribution in [3.63, 3.8) is 0 Å². The molecule has 6 heteroatoms. The number of nitrogens with zero attached hydrogens (tertiary/aromatic N) is 2. The Kier molecular flexibility index (Phi) is 5.62. The Bertz CT molecular complexity index is 332. The van der Waals surface area contributed by atoms with E-state index in [0.29, 0.717) is 12.5 Å². The average molecular weight is 278 g/mol. The molecule has 1 N–H and O–H groups in total. The molecule has 0 aliphatic heterocycles. The largest absolute Gasteiger partial charge is 0.383 e. The number of hydrogen-bond acceptors (Lipinski definition) is 5. The summed E-state index contributed by atoms with van der Waals surface area (Å²) in [6.45, 7) is 6.93. The smallest absolute Gasteiger partial charge is 0.202 e. The van der Waals surface area contributed by atoms with Gasteiger partial charge in [-0.3, -0.25) is 0 Å². The molecule has 0 saturated carbocycles. The number of alkyl halides is 1. The van der Waals surface area contributed by atoms with E-state index in [9.17, 15) is 0 Å². The van der Waals surface area contributed by atoms with E-state index in [1.54, 1.807) is 7.11 Å². The van der Waals surface area contributed by atoms with E-state index in [1.165, 1.54) is 11.5 Å². The van der Waals surface area contributed by atoms with Crippen molar-refractivity contribution in [1.29, 1.82) is 0 Å². The summed E-state index contributed by atoms with van der Waals surface area (Å²) in [7, 11) is 1.68. The van der Waals surface area contributed by atoms with Gasteiger partial charge in [-0.2, -0.15) is 4.37 Å². The number of hydrogen-bond donors (Lipinski definition) is 1. The quantitative estimate of drug-likeness (QED) is 0.812. The van der Waals surface area contributed by atoms with E-state index in [0.717, 1.165) is 17.4 Å². The van der Waals surface area contributed by atoms with Gasteiger partial charge in [-0.25, -0.2) is 4.98 Å². The number of nitrogens with one attached hydrogen (secondary N) is 1. The minimum Gasteiger partial charge on any atom is -0.383 e. The van der Waals surface area contributed by atoms with Gasteiger partial charge in [-0.15, -0.1) is 11.6 Å². The first kappa shape index (κ1) is 14.7. The van der Waals surface area contributed by atoms with Crippen LogP contribution in [0, 0.1) is 0 Å². The lowest BCUT2D eigenvalue weighted by Crippen LogP contribution is -2.25. The molecule has 17 heavy (non-hydrogen) atoms. The van der Waals surface area contributed by atoms with Crippen molar-refractivity contribution in [2.24, 2.45) is 0 Å². The van der Waals surface area contributed by atoms with E-state index >= 15 is 0 Å². The van der Waals surface area contributed by atoms with Crippen LogP contribution in [0.1, 0.15) is 33.0 Å². The van der Waals surface area contributed by atoms with Crippen LogP contribution in [-0.2, 0) is 10.2 Å². The third-order valence-corrected chi connectivity index (χ3v) is 3.11. The van der Waals surface area contributed by atoms with Gasteiger partial charge >= 0.3 is 0 Å². The molecule has 0 aliphatic carbocycles. The van der Waals surface area contributed by atoms with Crippen LogP contribution in [0.4, 0.5) is 5.13 Å². The Balaban J connectivity index is 2.63. The van der Waals surface area contributed by atoms with Crippen LogP contribution >= 0.6 is 23.1 Å². The molecule has 98 valence electrons. The lowest BCUT2D eigenvalue weighted by atomic mass is 9.96. The molecule has 0 saturated heterocycles. The van der Waals surface area contributed by atoms with Gasteiger partial charge in [0, 0.05) is 29.9 Å². The number of rotatable bonds is 6. The zero-order valence-corrected chi connectivity index (χ0v) is 12.4. The molecule has 0 aromatic carbocycles. The number of halogens is 1. The highest BCUT2D eigenvalue weighted by molar-refractivity contribution is 7.09. The highest BCUT2D eigenvalue weighted by Crippen LogP contribution is 2.23. The molecule has 1 rings (SSSR count). The van der Waals surface area contributed by atoms with Crippen LogP contribution in [0.3, 0.4) is 0 Å². The predicted octanol–water partition coefficient (Wildman–Crippen LogP) is 2.89. The first-order chi connectivity index (χ1) is 7.97. The Labute approximate surface area is 112 Å². The fraction of sp³-hybridized carbons (Fsp3) is 0.818. The van der Waals surface area contributed by atoms with Crippen molar-refractivity contribution in [2.45, 2.75) is 38.6 Å². The van der Waals surface area contributed by atoms with Crippen LogP contribution in [0.25, 0.3) is 0 Å². The second-order valence-electron chi connectivity index (χ2n) is 4.95. The highest BCUT2D eigenvalue weighted by Gasteiger charge is 2.20. The number of aromatic nitrogens is 2. The fourth-order valence-electron chi connectivity index (χ4n) is 1.29. The van der Waals surface area contributed by atoms with Crippen molar-refractivity contribution in [3.05, 3.63) is 5.82 Å². The standard InChI is InChI=1S/C11H20ClN3OS/c1-11(2,3)9-14-10(17-15-9)13-8(5-6-12)7-16-4/h8H,5-7H2,1-4H3,(H,13,14,15). The molecular formula is C11H20ClN3OS. The van der Waals surface area contributed by atoms with E-state index in [4.69, 9.17) is 16.3 Å². The van der Waals surface area contributed by atoms with Crippen LogP contribution in [0.5, 0.6) is 0 Å². The Hall–Kier alpha value is -0.390. The minimum atomic E-state index is -0.0142. The number of ether oxygens (including phenoxy) is 1. The fourth-order valence-corrected chi connectivity index (χ4v) is 2.39. The summed E-state index contributed by atoms with van der Waals surface area (Å²) in [5.74, 6) is 1.47. The third kappa shape index (κ3) is 4.77. The lowest BCUT2D eigenvalue weighted by Gasteiger charge is -2.16.